The Balaban J connectivity index is 0.00000324. The second kappa shape index (κ2) is 12.7. The van der Waals surface area contributed by atoms with E-state index < -0.39 is 0 Å². The molecule has 0 amide bonds. The molecule has 188 valence electrons. The fourth-order valence-corrected chi connectivity index (χ4v) is 6.88. The summed E-state index contributed by atoms with van der Waals surface area (Å²) >= 11 is 1.95. The molecule has 2 aromatic rings. The van der Waals surface area contributed by atoms with Gasteiger partial charge in [0, 0.05) is 12.1 Å². The minimum absolute atomic E-state index is 0. The first-order chi connectivity index (χ1) is 16.1. The van der Waals surface area contributed by atoms with Crippen molar-refractivity contribution >= 4 is 24.2 Å². The lowest BCUT2D eigenvalue weighted by molar-refractivity contribution is 0.0596. The van der Waals surface area contributed by atoms with Crippen LogP contribution in [0.3, 0.4) is 0 Å². The molecule has 2 aliphatic heterocycles. The van der Waals surface area contributed by atoms with Crippen LogP contribution >= 0.6 is 24.2 Å². The molecule has 2 unspecified atom stereocenters. The number of benzene rings is 2. The average molecular weight is 504 g/mol. The molecule has 2 aliphatic rings. The van der Waals surface area contributed by atoms with Crippen molar-refractivity contribution in [1.29, 1.82) is 0 Å². The molecule has 1 fully saturated rings. The number of aliphatic hydroxyl groups excluding tert-OH is 1. The van der Waals surface area contributed by atoms with Gasteiger partial charge in [0.15, 0.2) is 4.93 Å². The van der Waals surface area contributed by atoms with Gasteiger partial charge in [-0.3, -0.25) is 4.90 Å². The van der Waals surface area contributed by atoms with Crippen LogP contribution in [0.1, 0.15) is 94.4 Å². The third kappa shape index (κ3) is 6.32. The lowest BCUT2D eigenvalue weighted by Crippen LogP contribution is -2.32. The molecule has 34 heavy (non-hydrogen) atoms. The molecule has 0 aromatic heterocycles. The first-order valence-corrected chi connectivity index (χ1v) is 13.8. The number of fused-ring (bicyclic) bond motifs is 1. The highest BCUT2D eigenvalue weighted by molar-refractivity contribution is 8.00. The summed E-state index contributed by atoms with van der Waals surface area (Å²) < 4.78 is 6.59. The quantitative estimate of drug-likeness (QED) is 0.336. The Morgan fingerprint density at radius 2 is 1.74 bits per heavy atom. The lowest BCUT2D eigenvalue weighted by atomic mass is 10.0. The van der Waals surface area contributed by atoms with E-state index in [2.05, 4.69) is 68.1 Å². The molecule has 2 aromatic carbocycles. The Labute approximate surface area is 217 Å². The number of rotatable bonds is 11. The highest BCUT2D eigenvalue weighted by atomic mass is 35.5. The summed E-state index contributed by atoms with van der Waals surface area (Å²) in [5.74, 6) is 1.06. The van der Waals surface area contributed by atoms with Gasteiger partial charge in [0.2, 0.25) is 0 Å². The first kappa shape index (κ1) is 27.4. The van der Waals surface area contributed by atoms with Crippen molar-refractivity contribution in [2.45, 2.75) is 107 Å². The van der Waals surface area contributed by atoms with Crippen LogP contribution in [0, 0.1) is 6.92 Å². The molecule has 3 nitrogen and oxygen atoms in total. The second-order valence-electron chi connectivity index (χ2n) is 9.95. The van der Waals surface area contributed by atoms with Crippen LogP contribution in [0.25, 0.3) is 0 Å². The van der Waals surface area contributed by atoms with E-state index >= 15 is 0 Å². The third-order valence-corrected chi connectivity index (χ3v) is 8.86. The fraction of sp³-hybridized carbons (Fsp3) is 0.586. The molecule has 4 rings (SSSR count). The number of aryl methyl sites for hydroxylation is 2. The highest BCUT2D eigenvalue weighted by Gasteiger charge is 2.40. The number of aliphatic hydroxyl groups is 1. The molecule has 0 saturated carbocycles. The molecular formula is C29H42ClNO2S. The van der Waals surface area contributed by atoms with Crippen LogP contribution in [0.15, 0.2) is 47.4 Å². The van der Waals surface area contributed by atoms with Crippen LogP contribution in [0.4, 0.5) is 0 Å². The van der Waals surface area contributed by atoms with Gasteiger partial charge in [-0.1, -0.05) is 74.3 Å². The van der Waals surface area contributed by atoms with Gasteiger partial charge in [0.25, 0.3) is 0 Å². The van der Waals surface area contributed by atoms with E-state index in [9.17, 15) is 5.11 Å². The van der Waals surface area contributed by atoms with E-state index in [-0.39, 0.29) is 24.1 Å². The fourth-order valence-electron chi connectivity index (χ4n) is 5.45. The third-order valence-electron chi connectivity index (χ3n) is 7.46. The summed E-state index contributed by atoms with van der Waals surface area (Å²) in [5, 5.41) is 10.3. The predicted molar refractivity (Wildman–Crippen MR) is 146 cm³/mol. The summed E-state index contributed by atoms with van der Waals surface area (Å²) in [4.78, 5) is 3.52. The number of thioether (sulfide) groups is 1. The van der Waals surface area contributed by atoms with Crippen molar-refractivity contribution in [3.05, 3.63) is 59.2 Å². The van der Waals surface area contributed by atoms with Crippen molar-refractivity contribution in [1.82, 2.24) is 4.90 Å². The zero-order valence-electron chi connectivity index (χ0n) is 21.1. The molecule has 2 atom stereocenters. The van der Waals surface area contributed by atoms with E-state index in [1.165, 1.54) is 47.3 Å². The van der Waals surface area contributed by atoms with Gasteiger partial charge < -0.3 is 9.84 Å². The molecule has 1 N–H and O–H groups in total. The van der Waals surface area contributed by atoms with E-state index in [0.717, 1.165) is 44.3 Å². The number of hydrogen-bond donors (Lipinski definition) is 1. The van der Waals surface area contributed by atoms with Gasteiger partial charge >= 0.3 is 0 Å². The van der Waals surface area contributed by atoms with Crippen LogP contribution < -0.4 is 4.74 Å². The average Bonchev–Trinajstić information content (AvgIpc) is 3.41. The Morgan fingerprint density at radius 1 is 1.03 bits per heavy atom. The second-order valence-corrected chi connectivity index (χ2v) is 11.3. The zero-order valence-corrected chi connectivity index (χ0v) is 22.7. The van der Waals surface area contributed by atoms with Gasteiger partial charge in [-0.25, -0.2) is 0 Å². The number of hydrogen-bond acceptors (Lipinski definition) is 4. The maximum Gasteiger partial charge on any atom is 0.159 e. The Morgan fingerprint density at radius 3 is 2.38 bits per heavy atom. The summed E-state index contributed by atoms with van der Waals surface area (Å²) in [6.45, 7) is 6.78. The number of ether oxygens (including phenoxy) is 1. The SMILES string of the molecule is CCCCC1(CCCC)Oc2ccc(C3CCC(CCc4ccc(C)cc4)N3CO)cc2S1.Cl. The lowest BCUT2D eigenvalue weighted by Gasteiger charge is -2.28. The zero-order chi connectivity index (χ0) is 23.3. The van der Waals surface area contributed by atoms with Crippen molar-refractivity contribution in [3.8, 4) is 5.75 Å². The van der Waals surface area contributed by atoms with Gasteiger partial charge in [-0.2, -0.15) is 0 Å². The Hall–Kier alpha value is -1.20. The standard InChI is InChI=1S/C29H41NO2S.ClH/c1-4-6-18-29(19-7-5-2)32-27-17-13-24(20-28(27)33-29)26-16-15-25(30(26)21-31)14-12-23-10-8-22(3)9-11-23;/h8-11,13,17,20,25-26,31H,4-7,12,14-16,18-19,21H2,1-3H3;1H. The maximum atomic E-state index is 10.3. The smallest absolute Gasteiger partial charge is 0.159 e. The van der Waals surface area contributed by atoms with Gasteiger partial charge in [-0.05, 0) is 81.5 Å². The van der Waals surface area contributed by atoms with Gasteiger partial charge in [0.1, 0.15) is 5.75 Å². The molecular weight excluding hydrogens is 462 g/mol. The first-order valence-electron chi connectivity index (χ1n) is 13.0. The number of nitrogens with zero attached hydrogens (tertiary/aromatic N) is 1. The minimum Gasteiger partial charge on any atom is -0.475 e. The number of halogens is 1. The maximum absolute atomic E-state index is 10.3. The number of unbranched alkanes of at least 4 members (excludes halogenated alkanes) is 2. The number of likely N-dealkylation sites (tertiary alicyclic amines) is 1. The van der Waals surface area contributed by atoms with Crippen molar-refractivity contribution in [2.24, 2.45) is 0 Å². The molecule has 0 bridgehead atoms. The predicted octanol–water partition coefficient (Wildman–Crippen LogP) is 8.07. The van der Waals surface area contributed by atoms with Crippen LogP contribution in [0.2, 0.25) is 0 Å². The Bertz CT molecular complexity index is 896. The van der Waals surface area contributed by atoms with Crippen LogP contribution in [-0.4, -0.2) is 27.7 Å². The summed E-state index contributed by atoms with van der Waals surface area (Å²) in [6.07, 6.45) is 11.5. The molecule has 0 radical (unpaired) electrons. The summed E-state index contributed by atoms with van der Waals surface area (Å²) in [6, 6.07) is 16.4. The largest absolute Gasteiger partial charge is 0.475 e. The minimum atomic E-state index is -0.0874. The summed E-state index contributed by atoms with van der Waals surface area (Å²) in [5.41, 5.74) is 4.03. The van der Waals surface area contributed by atoms with E-state index in [1.54, 1.807) is 0 Å². The highest BCUT2D eigenvalue weighted by Crippen LogP contribution is 2.53. The van der Waals surface area contributed by atoms with E-state index in [0.29, 0.717) is 12.1 Å². The van der Waals surface area contributed by atoms with Gasteiger partial charge in [0.05, 0.1) is 11.6 Å². The molecule has 1 saturated heterocycles. The van der Waals surface area contributed by atoms with Crippen molar-refractivity contribution in [2.75, 3.05) is 6.73 Å². The molecule has 5 heteroatoms. The summed E-state index contributed by atoms with van der Waals surface area (Å²) in [7, 11) is 0. The van der Waals surface area contributed by atoms with E-state index in [4.69, 9.17) is 4.74 Å². The monoisotopic (exact) mass is 503 g/mol. The van der Waals surface area contributed by atoms with E-state index in [1.807, 2.05) is 11.8 Å². The molecule has 0 aliphatic carbocycles. The van der Waals surface area contributed by atoms with Crippen molar-refractivity contribution in [3.63, 3.8) is 0 Å². The topological polar surface area (TPSA) is 32.7 Å². The van der Waals surface area contributed by atoms with Gasteiger partial charge in [-0.15, -0.1) is 12.4 Å². The Kier molecular flexibility index (Phi) is 10.2. The molecule has 0 spiro atoms. The van der Waals surface area contributed by atoms with Crippen molar-refractivity contribution < 1.29 is 9.84 Å². The van der Waals surface area contributed by atoms with Crippen LogP contribution in [-0.2, 0) is 6.42 Å². The molecule has 2 heterocycles. The normalized spacial score (nSPS) is 21.2. The van der Waals surface area contributed by atoms with Crippen LogP contribution in [0.5, 0.6) is 5.75 Å².